The number of para-hydroxylation sites is 1. The van der Waals surface area contributed by atoms with E-state index in [4.69, 9.17) is 5.73 Å². The molecule has 4 heteroatoms. The number of benzene rings is 1. The molecule has 0 saturated heterocycles. The third kappa shape index (κ3) is 1.75. The first kappa shape index (κ1) is 10.6. The molecule has 1 amide bonds. The maximum absolute atomic E-state index is 12.0. The molecule has 1 atom stereocenters. The van der Waals surface area contributed by atoms with Crippen molar-refractivity contribution in [1.29, 1.82) is 0 Å². The topological polar surface area (TPSA) is 67.5 Å². The molecular formula is C12H13N3O. The van der Waals surface area contributed by atoms with E-state index in [-0.39, 0.29) is 5.91 Å². The number of carbonyl (C=O) groups is 1. The van der Waals surface area contributed by atoms with E-state index in [1.54, 1.807) is 19.2 Å². The van der Waals surface area contributed by atoms with Crippen molar-refractivity contribution < 1.29 is 4.79 Å². The Labute approximate surface area is 93.9 Å². The van der Waals surface area contributed by atoms with E-state index < -0.39 is 5.54 Å². The summed E-state index contributed by atoms with van der Waals surface area (Å²) in [6.45, 7) is 1.74. The fourth-order valence-electron chi connectivity index (χ4n) is 1.49. The number of carbonyl (C=O) groups excluding carboxylic acids is 1. The summed E-state index contributed by atoms with van der Waals surface area (Å²) in [7, 11) is 0. The van der Waals surface area contributed by atoms with Crippen molar-refractivity contribution >= 4 is 17.3 Å². The van der Waals surface area contributed by atoms with Crippen LogP contribution in [0.25, 0.3) is 0 Å². The Balaban J connectivity index is 2.16. The molecule has 4 nitrogen and oxygen atoms in total. The van der Waals surface area contributed by atoms with Crippen LogP contribution in [0.15, 0.2) is 47.6 Å². The first-order valence-corrected chi connectivity index (χ1v) is 5.01. The Morgan fingerprint density at radius 1 is 1.38 bits per heavy atom. The van der Waals surface area contributed by atoms with E-state index in [2.05, 4.69) is 10.3 Å². The predicted octanol–water partition coefficient (Wildman–Crippen LogP) is 1.31. The molecule has 0 aliphatic carbocycles. The molecule has 0 fully saturated rings. The summed E-state index contributed by atoms with van der Waals surface area (Å²) in [5.74, 6) is -0.270. The van der Waals surface area contributed by atoms with E-state index in [0.717, 1.165) is 5.69 Å². The lowest BCUT2D eigenvalue weighted by Crippen LogP contribution is -2.53. The van der Waals surface area contributed by atoms with Crippen LogP contribution in [-0.4, -0.2) is 17.2 Å². The van der Waals surface area contributed by atoms with Crippen molar-refractivity contribution in [2.45, 2.75) is 12.5 Å². The average Bonchev–Trinajstić information content (AvgIpc) is 2.62. The molecule has 1 aromatic carbocycles. The molecule has 3 N–H and O–H groups in total. The quantitative estimate of drug-likeness (QED) is 0.781. The highest BCUT2D eigenvalue weighted by atomic mass is 16.2. The van der Waals surface area contributed by atoms with Crippen molar-refractivity contribution in [1.82, 2.24) is 0 Å². The zero-order valence-corrected chi connectivity index (χ0v) is 8.97. The summed E-state index contributed by atoms with van der Waals surface area (Å²) in [5.41, 5.74) is 6.17. The fraction of sp³-hybridized carbons (Fsp3) is 0.167. The Hall–Kier alpha value is -1.94. The maximum atomic E-state index is 12.0. The summed E-state index contributed by atoms with van der Waals surface area (Å²) in [5, 5.41) is 2.76. The van der Waals surface area contributed by atoms with E-state index in [1.807, 2.05) is 30.3 Å². The molecule has 2 rings (SSSR count). The largest absolute Gasteiger partial charge is 0.324 e. The van der Waals surface area contributed by atoms with Crippen LogP contribution in [0.5, 0.6) is 0 Å². The number of nitrogens with one attached hydrogen (secondary N) is 1. The standard InChI is InChI=1S/C12H13N3O/c1-9-12(13,7-8-14-9)11(16)15-10-5-3-2-4-6-10/h2-8H,13H2,1H3,(H,15,16). The summed E-state index contributed by atoms with van der Waals surface area (Å²) >= 11 is 0. The number of hydrogen-bond donors (Lipinski definition) is 2. The van der Waals surface area contributed by atoms with Crippen LogP contribution in [0, 0.1) is 0 Å². The monoisotopic (exact) mass is 215 g/mol. The lowest BCUT2D eigenvalue weighted by molar-refractivity contribution is -0.117. The van der Waals surface area contributed by atoms with Gasteiger partial charge in [0, 0.05) is 17.6 Å². The van der Waals surface area contributed by atoms with Gasteiger partial charge in [0.2, 0.25) is 0 Å². The minimum absolute atomic E-state index is 0.270. The van der Waals surface area contributed by atoms with Crippen LogP contribution >= 0.6 is 0 Å². The molecule has 1 heterocycles. The predicted molar refractivity (Wildman–Crippen MR) is 64.2 cm³/mol. The third-order valence-corrected chi connectivity index (χ3v) is 2.61. The smallest absolute Gasteiger partial charge is 0.254 e. The van der Waals surface area contributed by atoms with Gasteiger partial charge in [0.05, 0.1) is 0 Å². The summed E-state index contributed by atoms with van der Waals surface area (Å²) in [4.78, 5) is 16.0. The first-order valence-electron chi connectivity index (χ1n) is 5.01. The Kier molecular flexibility index (Phi) is 2.58. The summed E-state index contributed by atoms with van der Waals surface area (Å²) in [6, 6.07) is 9.21. The second kappa shape index (κ2) is 3.90. The van der Waals surface area contributed by atoms with Crippen molar-refractivity contribution in [2.24, 2.45) is 10.7 Å². The summed E-state index contributed by atoms with van der Waals surface area (Å²) < 4.78 is 0. The van der Waals surface area contributed by atoms with E-state index in [9.17, 15) is 4.79 Å². The van der Waals surface area contributed by atoms with Gasteiger partial charge < -0.3 is 11.1 Å². The third-order valence-electron chi connectivity index (χ3n) is 2.61. The SMILES string of the molecule is CC1=NC=CC1(N)C(=O)Nc1ccccc1. The van der Waals surface area contributed by atoms with Crippen LogP contribution in [0.2, 0.25) is 0 Å². The lowest BCUT2D eigenvalue weighted by atomic mass is 9.96. The van der Waals surface area contributed by atoms with E-state index in [0.29, 0.717) is 5.71 Å². The highest BCUT2D eigenvalue weighted by Crippen LogP contribution is 2.16. The number of anilines is 1. The Morgan fingerprint density at radius 2 is 2.06 bits per heavy atom. The van der Waals surface area contributed by atoms with Gasteiger partial charge in [-0.15, -0.1) is 0 Å². The molecule has 1 aliphatic rings. The van der Waals surface area contributed by atoms with Crippen molar-refractivity contribution in [3.05, 3.63) is 42.6 Å². The maximum Gasteiger partial charge on any atom is 0.254 e. The van der Waals surface area contributed by atoms with Crippen molar-refractivity contribution in [3.8, 4) is 0 Å². The molecule has 0 bridgehead atoms. The number of nitrogens with zero attached hydrogens (tertiary/aromatic N) is 1. The summed E-state index contributed by atoms with van der Waals surface area (Å²) in [6.07, 6.45) is 3.15. The molecular weight excluding hydrogens is 202 g/mol. The number of aliphatic imine (C=N–C) groups is 1. The lowest BCUT2D eigenvalue weighted by Gasteiger charge is -2.21. The molecule has 0 spiro atoms. The molecule has 82 valence electrons. The van der Waals surface area contributed by atoms with Gasteiger partial charge in [0.1, 0.15) is 0 Å². The second-order valence-corrected chi connectivity index (χ2v) is 3.72. The number of hydrogen-bond acceptors (Lipinski definition) is 3. The minimum atomic E-state index is -1.12. The molecule has 1 aromatic rings. The Morgan fingerprint density at radius 3 is 2.62 bits per heavy atom. The molecule has 1 aliphatic heterocycles. The molecule has 1 unspecified atom stereocenters. The highest BCUT2D eigenvalue weighted by molar-refractivity contribution is 6.19. The van der Waals surface area contributed by atoms with Gasteiger partial charge in [-0.05, 0) is 25.1 Å². The van der Waals surface area contributed by atoms with Gasteiger partial charge in [0.25, 0.3) is 5.91 Å². The highest BCUT2D eigenvalue weighted by Gasteiger charge is 2.36. The zero-order chi connectivity index (χ0) is 11.6. The molecule has 16 heavy (non-hydrogen) atoms. The molecule has 0 aromatic heterocycles. The fourth-order valence-corrected chi connectivity index (χ4v) is 1.49. The first-order chi connectivity index (χ1) is 7.63. The van der Waals surface area contributed by atoms with Gasteiger partial charge in [-0.2, -0.15) is 0 Å². The van der Waals surface area contributed by atoms with Gasteiger partial charge in [-0.3, -0.25) is 9.79 Å². The van der Waals surface area contributed by atoms with Gasteiger partial charge in [-0.25, -0.2) is 0 Å². The van der Waals surface area contributed by atoms with Crippen LogP contribution in [-0.2, 0) is 4.79 Å². The van der Waals surface area contributed by atoms with E-state index in [1.165, 1.54) is 0 Å². The van der Waals surface area contributed by atoms with Gasteiger partial charge in [0.15, 0.2) is 5.54 Å². The number of rotatable bonds is 2. The van der Waals surface area contributed by atoms with Crippen LogP contribution < -0.4 is 11.1 Å². The van der Waals surface area contributed by atoms with Crippen molar-refractivity contribution in [2.75, 3.05) is 5.32 Å². The number of nitrogens with two attached hydrogens (primary N) is 1. The number of amides is 1. The van der Waals surface area contributed by atoms with E-state index >= 15 is 0 Å². The van der Waals surface area contributed by atoms with Crippen LogP contribution in [0.4, 0.5) is 5.69 Å². The van der Waals surface area contributed by atoms with Gasteiger partial charge in [-0.1, -0.05) is 18.2 Å². The Bertz CT molecular complexity index is 464. The van der Waals surface area contributed by atoms with Crippen molar-refractivity contribution in [3.63, 3.8) is 0 Å². The second-order valence-electron chi connectivity index (χ2n) is 3.72. The normalized spacial score (nSPS) is 23.0. The molecule has 0 radical (unpaired) electrons. The van der Waals surface area contributed by atoms with Gasteiger partial charge >= 0.3 is 0 Å². The molecule has 0 saturated carbocycles. The average molecular weight is 215 g/mol. The minimum Gasteiger partial charge on any atom is -0.324 e. The zero-order valence-electron chi connectivity index (χ0n) is 8.97. The van der Waals surface area contributed by atoms with Crippen LogP contribution in [0.3, 0.4) is 0 Å². The van der Waals surface area contributed by atoms with Crippen LogP contribution in [0.1, 0.15) is 6.92 Å².